The minimum atomic E-state index is -0.0438. The van der Waals surface area contributed by atoms with Crippen molar-refractivity contribution >= 4 is 29.9 Å². The third-order valence-electron chi connectivity index (χ3n) is 4.80. The number of halogens is 1. The summed E-state index contributed by atoms with van der Waals surface area (Å²) in [6.45, 7) is 13.9. The summed E-state index contributed by atoms with van der Waals surface area (Å²) < 4.78 is 7.85. The van der Waals surface area contributed by atoms with Crippen LogP contribution in [0.2, 0.25) is 0 Å². The second-order valence-electron chi connectivity index (χ2n) is 8.26. The first-order valence-electron chi connectivity index (χ1n) is 10.4. The van der Waals surface area contributed by atoms with E-state index in [2.05, 4.69) is 89.3 Å². The summed E-state index contributed by atoms with van der Waals surface area (Å²) >= 11 is 0. The zero-order chi connectivity index (χ0) is 21.3. The number of nitrogens with zero attached hydrogens (tertiary/aromatic N) is 4. The van der Waals surface area contributed by atoms with Gasteiger partial charge in [-0.25, -0.2) is 0 Å². The van der Waals surface area contributed by atoms with Crippen LogP contribution in [0.3, 0.4) is 0 Å². The quantitative estimate of drug-likeness (QED) is 0.280. The average molecular weight is 528 g/mol. The van der Waals surface area contributed by atoms with Crippen LogP contribution in [0.25, 0.3) is 0 Å². The molecule has 7 nitrogen and oxygen atoms in total. The maximum Gasteiger partial charge on any atom is 0.191 e. The maximum atomic E-state index is 5.79. The lowest BCUT2D eigenvalue weighted by molar-refractivity contribution is 0.271. The fraction of sp³-hybridized carbons (Fsp3) is 0.591. The van der Waals surface area contributed by atoms with Gasteiger partial charge in [-0.3, -0.25) is 4.99 Å². The molecule has 2 rings (SSSR count). The van der Waals surface area contributed by atoms with Crippen molar-refractivity contribution < 1.29 is 4.74 Å². The Hall–Kier alpha value is -1.84. The summed E-state index contributed by atoms with van der Waals surface area (Å²) in [5, 5.41) is 14.9. The zero-order valence-electron chi connectivity index (χ0n) is 19.1. The molecule has 0 aliphatic rings. The normalized spacial score (nSPS) is 11.9. The molecule has 0 atom stereocenters. The number of rotatable bonds is 10. The molecule has 0 unspecified atom stereocenters. The van der Waals surface area contributed by atoms with E-state index in [1.54, 1.807) is 13.4 Å². The number of guanidine groups is 1. The van der Waals surface area contributed by atoms with Crippen molar-refractivity contribution in [2.24, 2.45) is 10.9 Å². The maximum absolute atomic E-state index is 5.79. The second-order valence-corrected chi connectivity index (χ2v) is 8.26. The van der Waals surface area contributed by atoms with Crippen LogP contribution in [-0.2, 0) is 18.4 Å². The van der Waals surface area contributed by atoms with E-state index in [4.69, 9.17) is 4.74 Å². The molecule has 0 aliphatic carbocycles. The first-order chi connectivity index (χ1) is 13.9. The van der Waals surface area contributed by atoms with Gasteiger partial charge < -0.3 is 19.9 Å². The topological polar surface area (TPSA) is 76.4 Å². The molecule has 0 saturated heterocycles. The Labute approximate surface area is 198 Å². The van der Waals surface area contributed by atoms with Gasteiger partial charge in [0.15, 0.2) is 5.96 Å². The Kier molecular flexibility index (Phi) is 11.1. The Morgan fingerprint density at radius 3 is 2.50 bits per heavy atom. The summed E-state index contributed by atoms with van der Waals surface area (Å²) in [5.74, 6) is 3.23. The number of aliphatic imine (C=N–C) groups is 1. The van der Waals surface area contributed by atoms with Crippen LogP contribution in [0.15, 0.2) is 35.6 Å². The van der Waals surface area contributed by atoms with Gasteiger partial charge in [0.05, 0.1) is 6.61 Å². The molecule has 2 aromatic rings. The fourth-order valence-electron chi connectivity index (χ4n) is 2.93. The molecule has 1 aromatic heterocycles. The highest BCUT2D eigenvalue weighted by molar-refractivity contribution is 14.0. The zero-order valence-corrected chi connectivity index (χ0v) is 21.4. The van der Waals surface area contributed by atoms with Gasteiger partial charge in [0.1, 0.15) is 17.9 Å². The van der Waals surface area contributed by atoms with Crippen LogP contribution < -0.4 is 15.4 Å². The van der Waals surface area contributed by atoms with E-state index in [1.165, 1.54) is 5.56 Å². The molecule has 0 bridgehead atoms. The SMILES string of the molecule is CCc1nncn1CCNC(=NC)NCC(C)(C)c1ccc(OCC(C)C)cc1.I. The third-order valence-corrected chi connectivity index (χ3v) is 4.80. The first-order valence-corrected chi connectivity index (χ1v) is 10.4. The number of ether oxygens (including phenoxy) is 1. The summed E-state index contributed by atoms with van der Waals surface area (Å²) in [6, 6.07) is 8.39. The van der Waals surface area contributed by atoms with Gasteiger partial charge in [-0.15, -0.1) is 34.2 Å². The standard InChI is InChI=1S/C22H36N6O.HI/c1-7-20-27-26-16-28(20)13-12-24-21(23-6)25-15-22(4,5)18-8-10-19(11-9-18)29-14-17(2)3;/h8-11,16-17H,7,12-15H2,1-6H3,(H2,23,24,25);1H. The van der Waals surface area contributed by atoms with Crippen molar-refractivity contribution in [1.82, 2.24) is 25.4 Å². The van der Waals surface area contributed by atoms with Crippen LogP contribution in [0.1, 0.15) is 46.0 Å². The predicted octanol–water partition coefficient (Wildman–Crippen LogP) is 3.64. The molecule has 0 aliphatic heterocycles. The van der Waals surface area contributed by atoms with Gasteiger partial charge in [0.2, 0.25) is 0 Å². The van der Waals surface area contributed by atoms with Crippen molar-refractivity contribution in [2.45, 2.75) is 53.0 Å². The van der Waals surface area contributed by atoms with Gasteiger partial charge >= 0.3 is 0 Å². The van der Waals surface area contributed by atoms with Crippen LogP contribution in [0.4, 0.5) is 0 Å². The van der Waals surface area contributed by atoms with E-state index in [-0.39, 0.29) is 29.4 Å². The number of hydrogen-bond donors (Lipinski definition) is 2. The summed E-state index contributed by atoms with van der Waals surface area (Å²) in [6.07, 6.45) is 2.65. The first kappa shape index (κ1) is 26.2. The highest BCUT2D eigenvalue weighted by Crippen LogP contribution is 2.24. The lowest BCUT2D eigenvalue weighted by Crippen LogP contribution is -2.44. The number of benzene rings is 1. The van der Waals surface area contributed by atoms with Crippen LogP contribution in [-0.4, -0.2) is 47.5 Å². The Balaban J connectivity index is 0.00000450. The van der Waals surface area contributed by atoms with E-state index >= 15 is 0 Å². The molecule has 8 heteroatoms. The molecular weight excluding hydrogens is 491 g/mol. The molecule has 0 amide bonds. The van der Waals surface area contributed by atoms with Gasteiger partial charge in [0, 0.05) is 38.5 Å². The van der Waals surface area contributed by atoms with Gasteiger partial charge in [0.25, 0.3) is 0 Å². The minimum absolute atomic E-state index is 0. The molecule has 0 spiro atoms. The summed E-state index contributed by atoms with van der Waals surface area (Å²) in [7, 11) is 1.79. The van der Waals surface area contributed by atoms with E-state index in [1.807, 2.05) is 0 Å². The molecule has 1 heterocycles. The van der Waals surface area contributed by atoms with Gasteiger partial charge in [-0.2, -0.15) is 0 Å². The van der Waals surface area contributed by atoms with Crippen molar-refractivity contribution in [2.75, 3.05) is 26.7 Å². The lowest BCUT2D eigenvalue weighted by Gasteiger charge is -2.27. The molecule has 1 aromatic carbocycles. The van der Waals surface area contributed by atoms with Gasteiger partial charge in [-0.05, 0) is 23.6 Å². The molecule has 0 radical (unpaired) electrons. The lowest BCUT2D eigenvalue weighted by atomic mass is 9.84. The van der Waals surface area contributed by atoms with Crippen molar-refractivity contribution in [1.29, 1.82) is 0 Å². The van der Waals surface area contributed by atoms with E-state index in [0.29, 0.717) is 5.92 Å². The molecule has 0 saturated carbocycles. The van der Waals surface area contributed by atoms with Crippen LogP contribution in [0, 0.1) is 5.92 Å². The minimum Gasteiger partial charge on any atom is -0.493 e. The highest BCUT2D eigenvalue weighted by Gasteiger charge is 2.21. The Morgan fingerprint density at radius 1 is 1.20 bits per heavy atom. The Bertz CT molecular complexity index is 770. The van der Waals surface area contributed by atoms with E-state index in [9.17, 15) is 0 Å². The molecule has 30 heavy (non-hydrogen) atoms. The Morgan fingerprint density at radius 2 is 1.90 bits per heavy atom. The number of aromatic nitrogens is 3. The molecule has 2 N–H and O–H groups in total. The fourth-order valence-corrected chi connectivity index (χ4v) is 2.93. The number of aryl methyl sites for hydroxylation is 1. The predicted molar refractivity (Wildman–Crippen MR) is 134 cm³/mol. The van der Waals surface area contributed by atoms with Crippen LogP contribution >= 0.6 is 24.0 Å². The van der Waals surface area contributed by atoms with Gasteiger partial charge in [-0.1, -0.05) is 46.8 Å². The largest absolute Gasteiger partial charge is 0.493 e. The smallest absolute Gasteiger partial charge is 0.191 e. The van der Waals surface area contributed by atoms with Crippen molar-refractivity contribution in [3.8, 4) is 5.75 Å². The monoisotopic (exact) mass is 528 g/mol. The number of nitrogens with one attached hydrogen (secondary N) is 2. The van der Waals surface area contributed by atoms with E-state index in [0.717, 1.165) is 50.2 Å². The number of hydrogen-bond acceptors (Lipinski definition) is 4. The third kappa shape index (κ3) is 8.12. The van der Waals surface area contributed by atoms with Crippen molar-refractivity contribution in [3.05, 3.63) is 42.0 Å². The molecular formula is C22H37IN6O. The molecule has 168 valence electrons. The second kappa shape index (κ2) is 12.8. The van der Waals surface area contributed by atoms with Crippen molar-refractivity contribution in [3.63, 3.8) is 0 Å². The molecule has 0 fully saturated rings. The average Bonchev–Trinajstić information content (AvgIpc) is 3.16. The summed E-state index contributed by atoms with van der Waals surface area (Å²) in [4.78, 5) is 4.34. The highest BCUT2D eigenvalue weighted by atomic mass is 127. The summed E-state index contributed by atoms with van der Waals surface area (Å²) in [5.41, 5.74) is 1.21. The van der Waals surface area contributed by atoms with Crippen LogP contribution in [0.5, 0.6) is 5.75 Å². The van der Waals surface area contributed by atoms with E-state index < -0.39 is 0 Å².